The minimum Gasteiger partial charge on any atom is -0.463 e. The molecular formula is C21H16F3NO3S. The highest BCUT2D eigenvalue weighted by molar-refractivity contribution is 7.19. The Labute approximate surface area is 168 Å². The predicted octanol–water partition coefficient (Wildman–Crippen LogP) is 5.75. The van der Waals surface area contributed by atoms with Crippen molar-refractivity contribution in [1.82, 2.24) is 0 Å². The summed E-state index contributed by atoms with van der Waals surface area (Å²) in [5, 5.41) is 3.54. The number of hydrogen-bond donors (Lipinski definition) is 1. The molecule has 0 spiro atoms. The van der Waals surface area contributed by atoms with Crippen LogP contribution in [0.2, 0.25) is 0 Å². The second kappa shape index (κ2) is 8.48. The molecule has 0 aliphatic heterocycles. The van der Waals surface area contributed by atoms with Crippen molar-refractivity contribution in [2.24, 2.45) is 0 Å². The van der Waals surface area contributed by atoms with Crippen molar-refractivity contribution in [3.8, 4) is 0 Å². The fraction of sp³-hybridized carbons (Fsp3) is 0.143. The quantitative estimate of drug-likeness (QED) is 0.423. The van der Waals surface area contributed by atoms with Gasteiger partial charge in [0.2, 0.25) is 0 Å². The number of benzene rings is 2. The van der Waals surface area contributed by atoms with Gasteiger partial charge in [-0.05, 0) is 66.9 Å². The molecule has 0 radical (unpaired) electrons. The fourth-order valence-electron chi connectivity index (χ4n) is 2.58. The molecule has 0 aliphatic rings. The highest BCUT2D eigenvalue weighted by Gasteiger charge is 2.30. The molecule has 1 aromatic heterocycles. The van der Waals surface area contributed by atoms with Gasteiger partial charge in [0.1, 0.15) is 0 Å². The van der Waals surface area contributed by atoms with Crippen LogP contribution in [-0.4, -0.2) is 18.5 Å². The summed E-state index contributed by atoms with van der Waals surface area (Å²) in [6.45, 7) is 2.03. The summed E-state index contributed by atoms with van der Waals surface area (Å²) in [6.07, 6.45) is -1.44. The Balaban J connectivity index is 1.73. The van der Waals surface area contributed by atoms with Crippen LogP contribution in [0.5, 0.6) is 0 Å². The summed E-state index contributed by atoms with van der Waals surface area (Å²) in [5.74, 6) is -0.926. The van der Waals surface area contributed by atoms with E-state index in [1.165, 1.54) is 17.4 Å². The van der Waals surface area contributed by atoms with Crippen LogP contribution < -0.4 is 5.32 Å². The Morgan fingerprint density at radius 3 is 2.48 bits per heavy atom. The number of ether oxygens (including phenoxy) is 1. The van der Waals surface area contributed by atoms with Gasteiger partial charge in [0.05, 0.1) is 12.2 Å². The number of carbonyl (C=O) groups excluding carboxylic acids is 2. The lowest BCUT2D eigenvalue weighted by Crippen LogP contribution is -2.12. The van der Waals surface area contributed by atoms with Gasteiger partial charge in [0.25, 0.3) is 5.91 Å². The minimum atomic E-state index is -4.45. The molecule has 0 unspecified atom stereocenters. The monoisotopic (exact) mass is 419 g/mol. The molecule has 0 fully saturated rings. The number of esters is 1. The molecule has 0 atom stereocenters. The van der Waals surface area contributed by atoms with E-state index in [1.807, 2.05) is 12.1 Å². The summed E-state index contributed by atoms with van der Waals surface area (Å²) in [6, 6.07) is 11.2. The Hall–Kier alpha value is -3.13. The molecule has 1 N–H and O–H groups in total. The van der Waals surface area contributed by atoms with E-state index in [-0.39, 0.29) is 5.56 Å². The number of alkyl halides is 3. The fourth-order valence-corrected chi connectivity index (χ4v) is 3.53. The summed E-state index contributed by atoms with van der Waals surface area (Å²) < 4.78 is 43.7. The van der Waals surface area contributed by atoms with Crippen molar-refractivity contribution in [2.75, 3.05) is 11.9 Å². The van der Waals surface area contributed by atoms with Crippen molar-refractivity contribution in [3.63, 3.8) is 0 Å². The molecule has 1 amide bonds. The Bertz CT molecular complexity index is 1070. The van der Waals surface area contributed by atoms with Crippen LogP contribution in [0, 0.1) is 0 Å². The number of amides is 1. The standard InChI is InChI=1S/C21H16F3NO3S/c1-2-28-19(26)10-8-17-12-14-11-16(7-9-18(14)29-17)25-20(27)13-3-5-15(6-4-13)21(22,23)24/h3-12H,2H2,1H3,(H,25,27)/b10-8+. The van der Waals surface area contributed by atoms with E-state index >= 15 is 0 Å². The third-order valence-corrected chi connectivity index (χ3v) is 5.02. The van der Waals surface area contributed by atoms with Crippen LogP contribution in [0.4, 0.5) is 18.9 Å². The highest BCUT2D eigenvalue weighted by atomic mass is 32.1. The van der Waals surface area contributed by atoms with E-state index in [9.17, 15) is 22.8 Å². The van der Waals surface area contributed by atoms with Crippen LogP contribution in [-0.2, 0) is 15.7 Å². The lowest BCUT2D eigenvalue weighted by atomic mass is 10.1. The van der Waals surface area contributed by atoms with Crippen molar-refractivity contribution in [2.45, 2.75) is 13.1 Å². The summed E-state index contributed by atoms with van der Waals surface area (Å²) in [5.41, 5.74) is -0.167. The molecule has 29 heavy (non-hydrogen) atoms. The normalized spacial score (nSPS) is 11.7. The zero-order chi connectivity index (χ0) is 21.0. The largest absolute Gasteiger partial charge is 0.463 e. The molecule has 0 saturated carbocycles. The molecule has 4 nitrogen and oxygen atoms in total. The number of thiophene rings is 1. The van der Waals surface area contributed by atoms with E-state index in [1.54, 1.807) is 25.1 Å². The third kappa shape index (κ3) is 5.23. The van der Waals surface area contributed by atoms with E-state index in [0.717, 1.165) is 39.2 Å². The van der Waals surface area contributed by atoms with Crippen molar-refractivity contribution < 1.29 is 27.5 Å². The number of carbonyl (C=O) groups is 2. The molecule has 0 bridgehead atoms. The van der Waals surface area contributed by atoms with Gasteiger partial charge in [-0.3, -0.25) is 4.79 Å². The first-order valence-corrected chi connectivity index (χ1v) is 9.45. The van der Waals surface area contributed by atoms with Gasteiger partial charge in [-0.15, -0.1) is 11.3 Å². The predicted molar refractivity (Wildman–Crippen MR) is 107 cm³/mol. The third-order valence-electron chi connectivity index (χ3n) is 3.94. The molecule has 8 heteroatoms. The lowest BCUT2D eigenvalue weighted by molar-refractivity contribution is -0.138. The van der Waals surface area contributed by atoms with Crippen LogP contribution in [0.25, 0.3) is 16.2 Å². The average Bonchev–Trinajstić information content (AvgIpc) is 3.08. The van der Waals surface area contributed by atoms with Crippen LogP contribution in [0.3, 0.4) is 0 Å². The van der Waals surface area contributed by atoms with Crippen LogP contribution in [0.1, 0.15) is 27.7 Å². The maximum absolute atomic E-state index is 12.6. The molecule has 1 heterocycles. The summed E-state index contributed by atoms with van der Waals surface area (Å²) in [4.78, 5) is 24.6. The zero-order valence-electron chi connectivity index (χ0n) is 15.2. The van der Waals surface area contributed by atoms with Gasteiger partial charge >= 0.3 is 12.1 Å². The Morgan fingerprint density at radius 2 is 1.83 bits per heavy atom. The van der Waals surface area contributed by atoms with E-state index in [4.69, 9.17) is 4.74 Å². The number of halogens is 3. The van der Waals surface area contributed by atoms with Crippen molar-refractivity contribution >= 4 is 45.1 Å². The van der Waals surface area contributed by atoms with Gasteiger partial charge in [0.15, 0.2) is 0 Å². The van der Waals surface area contributed by atoms with Gasteiger partial charge in [0, 0.05) is 26.9 Å². The first kappa shape index (κ1) is 20.6. The second-order valence-corrected chi connectivity index (χ2v) is 7.13. The number of nitrogens with one attached hydrogen (secondary N) is 1. The Kier molecular flexibility index (Phi) is 6.03. The highest BCUT2D eigenvalue weighted by Crippen LogP contribution is 2.30. The SMILES string of the molecule is CCOC(=O)/C=C/c1cc2cc(NC(=O)c3ccc(C(F)(F)F)cc3)ccc2s1. The number of fused-ring (bicyclic) bond motifs is 1. The Morgan fingerprint density at radius 1 is 1.10 bits per heavy atom. The first-order valence-electron chi connectivity index (χ1n) is 8.63. The number of hydrogen-bond acceptors (Lipinski definition) is 4. The van der Waals surface area contributed by atoms with Crippen LogP contribution >= 0.6 is 11.3 Å². The topological polar surface area (TPSA) is 55.4 Å². The van der Waals surface area contributed by atoms with Crippen molar-refractivity contribution in [1.29, 1.82) is 0 Å². The molecule has 2 aromatic carbocycles. The van der Waals surface area contributed by atoms with Crippen LogP contribution in [0.15, 0.2) is 54.6 Å². The van der Waals surface area contributed by atoms with Gasteiger partial charge in [-0.25, -0.2) is 4.79 Å². The second-order valence-electron chi connectivity index (χ2n) is 6.02. The molecule has 0 aliphatic carbocycles. The number of rotatable bonds is 5. The molecule has 150 valence electrons. The molecule has 0 saturated heterocycles. The summed E-state index contributed by atoms with van der Waals surface area (Å²) in [7, 11) is 0. The summed E-state index contributed by atoms with van der Waals surface area (Å²) >= 11 is 1.47. The maximum Gasteiger partial charge on any atom is 0.416 e. The minimum absolute atomic E-state index is 0.126. The van der Waals surface area contributed by atoms with E-state index < -0.39 is 23.6 Å². The number of anilines is 1. The smallest absolute Gasteiger partial charge is 0.416 e. The zero-order valence-corrected chi connectivity index (χ0v) is 16.1. The molecular weight excluding hydrogens is 403 g/mol. The first-order chi connectivity index (χ1) is 13.8. The molecule has 3 aromatic rings. The van der Waals surface area contributed by atoms with E-state index in [0.29, 0.717) is 12.3 Å². The van der Waals surface area contributed by atoms with E-state index in [2.05, 4.69) is 5.32 Å². The van der Waals surface area contributed by atoms with Gasteiger partial charge < -0.3 is 10.1 Å². The lowest BCUT2D eigenvalue weighted by Gasteiger charge is -2.08. The maximum atomic E-state index is 12.6. The van der Waals surface area contributed by atoms with Gasteiger partial charge in [-0.2, -0.15) is 13.2 Å². The van der Waals surface area contributed by atoms with Gasteiger partial charge in [-0.1, -0.05) is 0 Å². The average molecular weight is 419 g/mol. The van der Waals surface area contributed by atoms with Crippen molar-refractivity contribution in [3.05, 3.63) is 70.6 Å². The molecule has 3 rings (SSSR count).